The van der Waals surface area contributed by atoms with E-state index in [1.54, 1.807) is 43.5 Å². The van der Waals surface area contributed by atoms with E-state index in [1.807, 2.05) is 0 Å². The number of carbonyl (C=O) groups is 1. The smallest absolute Gasteiger partial charge is 0.312 e. The second-order valence-electron chi connectivity index (χ2n) is 7.56. The van der Waals surface area contributed by atoms with E-state index in [4.69, 9.17) is 9.47 Å². The van der Waals surface area contributed by atoms with Gasteiger partial charge in [0.15, 0.2) is 13.0 Å². The Balaban J connectivity index is 1.78. The fraction of sp³-hybridized carbons (Fsp3) is 0.556. The molecule has 1 aliphatic heterocycles. The van der Waals surface area contributed by atoms with Crippen LogP contribution in [0.15, 0.2) is 24.5 Å². The molecule has 1 aromatic carbocycles. The molecule has 1 saturated heterocycles. The van der Waals surface area contributed by atoms with Crippen molar-refractivity contribution in [3.05, 3.63) is 24.5 Å². The predicted molar refractivity (Wildman–Crippen MR) is 96.8 cm³/mol. The number of hydrogen-bond donors (Lipinski definition) is 4. The zero-order valence-electron chi connectivity index (χ0n) is 15.5. The minimum absolute atomic E-state index is 0.00404. The number of aromatic nitrogens is 2. The molecule has 1 aromatic heterocycles. The summed E-state index contributed by atoms with van der Waals surface area (Å²) in [6.07, 6.45) is -2.60. The SMILES string of the molecule is CC(C)(C)C(=O)OCNc1cccc2c1ncn2[C@@H]1O[C@H](CO)[C@@H](O)[C@H]1O. The molecule has 0 amide bonds. The number of benzene rings is 1. The number of esters is 1. The van der Waals surface area contributed by atoms with Crippen LogP contribution in [-0.2, 0) is 14.3 Å². The maximum Gasteiger partial charge on any atom is 0.312 e. The quantitative estimate of drug-likeness (QED) is 0.440. The van der Waals surface area contributed by atoms with Gasteiger partial charge in [-0.25, -0.2) is 4.98 Å². The van der Waals surface area contributed by atoms with Crippen LogP contribution in [0.1, 0.15) is 27.0 Å². The molecule has 4 atom stereocenters. The Morgan fingerprint density at radius 3 is 2.70 bits per heavy atom. The van der Waals surface area contributed by atoms with Crippen molar-refractivity contribution in [3.63, 3.8) is 0 Å². The third-order valence-corrected chi connectivity index (χ3v) is 4.47. The molecule has 3 rings (SSSR count). The number of rotatable bonds is 5. The number of anilines is 1. The van der Waals surface area contributed by atoms with Crippen molar-refractivity contribution >= 4 is 22.7 Å². The lowest BCUT2D eigenvalue weighted by molar-refractivity contribution is -0.152. The van der Waals surface area contributed by atoms with Gasteiger partial charge in [0.1, 0.15) is 23.8 Å². The summed E-state index contributed by atoms with van der Waals surface area (Å²) in [5, 5.41) is 32.5. The fourth-order valence-electron chi connectivity index (χ4n) is 2.91. The Morgan fingerprint density at radius 2 is 2.07 bits per heavy atom. The summed E-state index contributed by atoms with van der Waals surface area (Å²) in [7, 11) is 0. The van der Waals surface area contributed by atoms with Crippen LogP contribution in [0, 0.1) is 5.41 Å². The van der Waals surface area contributed by atoms with Crippen molar-refractivity contribution in [3.8, 4) is 0 Å². The van der Waals surface area contributed by atoms with Crippen molar-refractivity contribution in [1.29, 1.82) is 0 Å². The molecule has 4 N–H and O–H groups in total. The number of para-hydroxylation sites is 1. The number of aliphatic hydroxyl groups excluding tert-OH is 3. The summed E-state index contributed by atoms with van der Waals surface area (Å²) in [6.45, 7) is 4.93. The van der Waals surface area contributed by atoms with Crippen molar-refractivity contribution in [2.45, 2.75) is 45.3 Å². The highest BCUT2D eigenvalue weighted by atomic mass is 16.6. The monoisotopic (exact) mass is 379 g/mol. The largest absolute Gasteiger partial charge is 0.444 e. The van der Waals surface area contributed by atoms with Crippen LogP contribution in [0.2, 0.25) is 0 Å². The Labute approximate surface area is 156 Å². The van der Waals surface area contributed by atoms with Gasteiger partial charge in [-0.3, -0.25) is 4.79 Å². The van der Waals surface area contributed by atoms with Gasteiger partial charge in [0.2, 0.25) is 0 Å². The Bertz CT molecular complexity index is 815. The first-order chi connectivity index (χ1) is 12.7. The van der Waals surface area contributed by atoms with E-state index < -0.39 is 36.6 Å². The summed E-state index contributed by atoms with van der Waals surface area (Å²) in [5.74, 6) is -0.320. The minimum atomic E-state index is -1.19. The molecule has 9 nitrogen and oxygen atoms in total. The van der Waals surface area contributed by atoms with Gasteiger partial charge in [0, 0.05) is 0 Å². The van der Waals surface area contributed by atoms with Crippen molar-refractivity contribution in [2.24, 2.45) is 5.41 Å². The number of imidazole rings is 1. The molecular formula is C18H25N3O6. The van der Waals surface area contributed by atoms with Crippen LogP contribution < -0.4 is 5.32 Å². The summed E-state index contributed by atoms with van der Waals surface area (Å²) >= 11 is 0. The van der Waals surface area contributed by atoms with Crippen molar-refractivity contribution < 1.29 is 29.6 Å². The molecule has 0 radical (unpaired) electrons. The van der Waals surface area contributed by atoms with Gasteiger partial charge < -0.3 is 34.7 Å². The highest BCUT2D eigenvalue weighted by molar-refractivity contribution is 5.88. The number of aliphatic hydroxyl groups is 3. The fourth-order valence-corrected chi connectivity index (χ4v) is 2.91. The highest BCUT2D eigenvalue weighted by Gasteiger charge is 2.43. The molecule has 0 unspecified atom stereocenters. The Kier molecular flexibility index (Phi) is 5.38. The van der Waals surface area contributed by atoms with E-state index in [9.17, 15) is 20.1 Å². The van der Waals surface area contributed by atoms with Gasteiger partial charge in [-0.1, -0.05) is 6.07 Å². The molecule has 1 aliphatic rings. The number of hydrogen-bond acceptors (Lipinski definition) is 8. The number of nitrogens with one attached hydrogen (secondary N) is 1. The lowest BCUT2D eigenvalue weighted by Crippen LogP contribution is -2.33. The lowest BCUT2D eigenvalue weighted by Gasteiger charge is -2.18. The average Bonchev–Trinajstić information content (AvgIpc) is 3.16. The summed E-state index contributed by atoms with van der Waals surface area (Å²) in [5.41, 5.74) is 1.33. The molecule has 148 valence electrons. The van der Waals surface area contributed by atoms with Gasteiger partial charge in [0.25, 0.3) is 0 Å². The molecule has 1 fully saturated rings. The van der Waals surface area contributed by atoms with Crippen LogP contribution in [0.3, 0.4) is 0 Å². The third kappa shape index (κ3) is 3.77. The standard InChI is InChI=1S/C18H25N3O6/c1-18(2,3)17(25)26-9-20-10-5-4-6-11-13(10)19-8-21(11)16-15(24)14(23)12(7-22)27-16/h4-6,8,12,14-16,20,22-24H,7,9H2,1-3H3/t12-,14-,15-,16-/m1/s1. The van der Waals surface area contributed by atoms with Gasteiger partial charge in [-0.05, 0) is 32.9 Å². The highest BCUT2D eigenvalue weighted by Crippen LogP contribution is 2.33. The van der Waals surface area contributed by atoms with E-state index in [1.165, 1.54) is 6.33 Å². The van der Waals surface area contributed by atoms with Crippen LogP contribution in [-0.4, -0.2) is 62.5 Å². The van der Waals surface area contributed by atoms with Gasteiger partial charge in [-0.15, -0.1) is 0 Å². The van der Waals surface area contributed by atoms with Crippen LogP contribution >= 0.6 is 0 Å². The van der Waals surface area contributed by atoms with Crippen LogP contribution in [0.25, 0.3) is 11.0 Å². The Morgan fingerprint density at radius 1 is 1.33 bits per heavy atom. The van der Waals surface area contributed by atoms with Crippen molar-refractivity contribution in [2.75, 3.05) is 18.7 Å². The van der Waals surface area contributed by atoms with E-state index in [0.29, 0.717) is 16.7 Å². The molecule has 0 aliphatic carbocycles. The molecule has 0 bridgehead atoms. The number of fused-ring (bicyclic) bond motifs is 1. The molecule has 0 saturated carbocycles. The van der Waals surface area contributed by atoms with Gasteiger partial charge in [-0.2, -0.15) is 0 Å². The predicted octanol–water partition coefficient (Wildman–Crippen LogP) is 0.606. The summed E-state index contributed by atoms with van der Waals surface area (Å²) in [4.78, 5) is 16.2. The zero-order chi connectivity index (χ0) is 19.8. The minimum Gasteiger partial charge on any atom is -0.444 e. The Hall–Kier alpha value is -2.20. The average molecular weight is 379 g/mol. The van der Waals surface area contributed by atoms with E-state index in [2.05, 4.69) is 10.3 Å². The summed E-state index contributed by atoms with van der Waals surface area (Å²) in [6, 6.07) is 5.38. The normalized spacial score (nSPS) is 25.7. The molecule has 9 heteroatoms. The molecule has 2 heterocycles. The second kappa shape index (κ2) is 7.43. The first-order valence-corrected chi connectivity index (χ1v) is 8.73. The topological polar surface area (TPSA) is 126 Å². The molecule has 27 heavy (non-hydrogen) atoms. The second-order valence-corrected chi connectivity index (χ2v) is 7.56. The number of carbonyl (C=O) groups excluding carboxylic acids is 1. The van der Waals surface area contributed by atoms with E-state index >= 15 is 0 Å². The maximum atomic E-state index is 11.9. The molecular weight excluding hydrogens is 354 g/mol. The lowest BCUT2D eigenvalue weighted by atomic mass is 9.98. The maximum absolute atomic E-state index is 11.9. The van der Waals surface area contributed by atoms with Crippen LogP contribution in [0.5, 0.6) is 0 Å². The van der Waals surface area contributed by atoms with E-state index in [0.717, 1.165) is 0 Å². The van der Waals surface area contributed by atoms with Crippen molar-refractivity contribution in [1.82, 2.24) is 9.55 Å². The van der Waals surface area contributed by atoms with Crippen LogP contribution in [0.4, 0.5) is 5.69 Å². The first kappa shape index (κ1) is 19.6. The first-order valence-electron chi connectivity index (χ1n) is 8.73. The van der Waals surface area contributed by atoms with E-state index in [-0.39, 0.29) is 12.7 Å². The molecule has 2 aromatic rings. The molecule has 0 spiro atoms. The number of nitrogens with zero attached hydrogens (tertiary/aromatic N) is 2. The van der Waals surface area contributed by atoms with Gasteiger partial charge >= 0.3 is 5.97 Å². The summed E-state index contributed by atoms with van der Waals surface area (Å²) < 4.78 is 12.4. The number of ether oxygens (including phenoxy) is 2. The zero-order valence-corrected chi connectivity index (χ0v) is 15.5. The third-order valence-electron chi connectivity index (χ3n) is 4.47. The van der Waals surface area contributed by atoms with Gasteiger partial charge in [0.05, 0.1) is 29.6 Å².